The van der Waals surface area contributed by atoms with Crippen LogP contribution in [-0.2, 0) is 0 Å². The van der Waals surface area contributed by atoms with E-state index in [-0.39, 0.29) is 0 Å². The fourth-order valence-electron chi connectivity index (χ4n) is 3.14. The standard InChI is InChI=1S/C15H32N2/c1-5-13(6-2)12-17(7-3)15-10-8-14(16-4)9-11-15/h13-16H,5-12H2,1-4H3. The topological polar surface area (TPSA) is 15.3 Å². The Morgan fingerprint density at radius 1 is 1.06 bits per heavy atom. The van der Waals surface area contributed by atoms with Crippen molar-refractivity contribution in [1.29, 1.82) is 0 Å². The molecule has 0 saturated heterocycles. The first kappa shape index (κ1) is 15.0. The molecule has 1 fully saturated rings. The van der Waals surface area contributed by atoms with Gasteiger partial charge in [-0.25, -0.2) is 0 Å². The summed E-state index contributed by atoms with van der Waals surface area (Å²) in [6, 6.07) is 1.63. The summed E-state index contributed by atoms with van der Waals surface area (Å²) in [5, 5.41) is 3.43. The van der Waals surface area contributed by atoms with Crippen molar-refractivity contribution in [1.82, 2.24) is 10.2 Å². The van der Waals surface area contributed by atoms with Crippen molar-refractivity contribution in [3.8, 4) is 0 Å². The highest BCUT2D eigenvalue weighted by molar-refractivity contribution is 4.82. The van der Waals surface area contributed by atoms with Crippen LogP contribution in [0.1, 0.15) is 59.3 Å². The molecule has 0 amide bonds. The van der Waals surface area contributed by atoms with Crippen LogP contribution in [-0.4, -0.2) is 37.1 Å². The lowest BCUT2D eigenvalue weighted by molar-refractivity contribution is 0.128. The summed E-state index contributed by atoms with van der Waals surface area (Å²) in [7, 11) is 2.10. The number of hydrogen-bond donors (Lipinski definition) is 1. The van der Waals surface area contributed by atoms with Gasteiger partial charge in [-0.15, -0.1) is 0 Å². The van der Waals surface area contributed by atoms with E-state index in [1.54, 1.807) is 0 Å². The van der Waals surface area contributed by atoms with Gasteiger partial charge in [0.25, 0.3) is 0 Å². The Balaban J connectivity index is 2.40. The molecular formula is C15H32N2. The van der Waals surface area contributed by atoms with Crippen LogP contribution in [0.3, 0.4) is 0 Å². The molecule has 1 aliphatic carbocycles. The molecular weight excluding hydrogens is 208 g/mol. The molecule has 1 aliphatic rings. The Morgan fingerprint density at radius 2 is 1.65 bits per heavy atom. The van der Waals surface area contributed by atoms with E-state index >= 15 is 0 Å². The van der Waals surface area contributed by atoms with Crippen LogP contribution >= 0.6 is 0 Å². The molecule has 0 aromatic heterocycles. The van der Waals surface area contributed by atoms with Gasteiger partial charge >= 0.3 is 0 Å². The highest BCUT2D eigenvalue weighted by atomic mass is 15.2. The van der Waals surface area contributed by atoms with Crippen LogP contribution in [0.15, 0.2) is 0 Å². The SMILES string of the molecule is CCC(CC)CN(CC)C1CCC(NC)CC1. The summed E-state index contributed by atoms with van der Waals surface area (Å²) in [6.07, 6.45) is 8.16. The minimum Gasteiger partial charge on any atom is -0.317 e. The summed E-state index contributed by atoms with van der Waals surface area (Å²) >= 11 is 0. The van der Waals surface area contributed by atoms with E-state index in [9.17, 15) is 0 Å². The van der Waals surface area contributed by atoms with Gasteiger partial charge in [-0.1, -0.05) is 33.6 Å². The molecule has 0 bridgehead atoms. The van der Waals surface area contributed by atoms with Crippen LogP contribution in [0, 0.1) is 5.92 Å². The summed E-state index contributed by atoms with van der Waals surface area (Å²) < 4.78 is 0. The van der Waals surface area contributed by atoms with Gasteiger partial charge in [0.05, 0.1) is 0 Å². The Morgan fingerprint density at radius 3 is 2.06 bits per heavy atom. The molecule has 1 N–H and O–H groups in total. The summed E-state index contributed by atoms with van der Waals surface area (Å²) in [6.45, 7) is 9.54. The number of hydrogen-bond acceptors (Lipinski definition) is 2. The Hall–Kier alpha value is -0.0800. The number of rotatable bonds is 7. The fourth-order valence-corrected chi connectivity index (χ4v) is 3.14. The fraction of sp³-hybridized carbons (Fsp3) is 1.00. The average molecular weight is 240 g/mol. The maximum Gasteiger partial charge on any atom is 0.00964 e. The third kappa shape index (κ3) is 4.59. The molecule has 0 spiro atoms. The molecule has 0 aromatic rings. The molecule has 0 aliphatic heterocycles. The van der Waals surface area contributed by atoms with Gasteiger partial charge in [0.15, 0.2) is 0 Å². The van der Waals surface area contributed by atoms with Crippen LogP contribution in [0.2, 0.25) is 0 Å². The second kappa shape index (κ2) is 8.10. The third-order valence-electron chi connectivity index (χ3n) is 4.67. The van der Waals surface area contributed by atoms with E-state index in [0.29, 0.717) is 0 Å². The van der Waals surface area contributed by atoms with Crippen molar-refractivity contribution in [3.05, 3.63) is 0 Å². The third-order valence-corrected chi connectivity index (χ3v) is 4.67. The van der Waals surface area contributed by atoms with E-state index in [0.717, 1.165) is 18.0 Å². The predicted molar refractivity (Wildman–Crippen MR) is 76.4 cm³/mol. The van der Waals surface area contributed by atoms with Crippen molar-refractivity contribution in [3.63, 3.8) is 0 Å². The molecule has 0 heterocycles. The number of nitrogens with one attached hydrogen (secondary N) is 1. The lowest BCUT2D eigenvalue weighted by Crippen LogP contribution is -2.43. The van der Waals surface area contributed by atoms with Crippen molar-refractivity contribution < 1.29 is 0 Å². The Kier molecular flexibility index (Phi) is 7.14. The lowest BCUT2D eigenvalue weighted by Gasteiger charge is -2.38. The van der Waals surface area contributed by atoms with Gasteiger partial charge in [0, 0.05) is 18.6 Å². The van der Waals surface area contributed by atoms with Crippen LogP contribution < -0.4 is 5.32 Å². The molecule has 2 nitrogen and oxygen atoms in total. The Bertz CT molecular complexity index is 181. The predicted octanol–water partition coefficient (Wildman–Crippen LogP) is 3.28. The van der Waals surface area contributed by atoms with E-state index in [1.807, 2.05) is 0 Å². The molecule has 0 unspecified atom stereocenters. The van der Waals surface area contributed by atoms with Crippen LogP contribution in [0.25, 0.3) is 0 Å². The second-order valence-corrected chi connectivity index (χ2v) is 5.56. The summed E-state index contributed by atoms with van der Waals surface area (Å²) in [4.78, 5) is 2.74. The molecule has 102 valence electrons. The van der Waals surface area contributed by atoms with Crippen molar-refractivity contribution in [2.45, 2.75) is 71.4 Å². The van der Waals surface area contributed by atoms with Gasteiger partial charge in [-0.05, 0) is 45.2 Å². The highest BCUT2D eigenvalue weighted by Gasteiger charge is 2.25. The highest BCUT2D eigenvalue weighted by Crippen LogP contribution is 2.24. The molecule has 0 radical (unpaired) electrons. The molecule has 1 saturated carbocycles. The largest absolute Gasteiger partial charge is 0.317 e. The maximum absolute atomic E-state index is 3.43. The minimum atomic E-state index is 0.776. The van der Waals surface area contributed by atoms with Gasteiger partial charge in [0.2, 0.25) is 0 Å². The lowest BCUT2D eigenvalue weighted by atomic mass is 9.89. The van der Waals surface area contributed by atoms with E-state index in [2.05, 4.69) is 38.0 Å². The van der Waals surface area contributed by atoms with E-state index in [4.69, 9.17) is 0 Å². The van der Waals surface area contributed by atoms with Crippen molar-refractivity contribution in [2.24, 2.45) is 5.92 Å². The first-order valence-electron chi connectivity index (χ1n) is 7.66. The van der Waals surface area contributed by atoms with E-state index < -0.39 is 0 Å². The zero-order valence-electron chi connectivity index (χ0n) is 12.3. The van der Waals surface area contributed by atoms with Crippen LogP contribution in [0.4, 0.5) is 0 Å². The first-order chi connectivity index (χ1) is 8.24. The van der Waals surface area contributed by atoms with Crippen LogP contribution in [0.5, 0.6) is 0 Å². The molecule has 0 aromatic carbocycles. The molecule has 0 atom stereocenters. The van der Waals surface area contributed by atoms with Gasteiger partial charge in [-0.2, -0.15) is 0 Å². The molecule has 1 rings (SSSR count). The van der Waals surface area contributed by atoms with Gasteiger partial charge in [-0.3, -0.25) is 0 Å². The zero-order valence-corrected chi connectivity index (χ0v) is 12.3. The zero-order chi connectivity index (χ0) is 12.7. The monoisotopic (exact) mass is 240 g/mol. The van der Waals surface area contributed by atoms with E-state index in [1.165, 1.54) is 51.6 Å². The quantitative estimate of drug-likeness (QED) is 0.735. The van der Waals surface area contributed by atoms with Crippen molar-refractivity contribution in [2.75, 3.05) is 20.1 Å². The Labute approximate surface area is 108 Å². The normalized spacial score (nSPS) is 25.8. The maximum atomic E-state index is 3.43. The van der Waals surface area contributed by atoms with Crippen molar-refractivity contribution >= 4 is 0 Å². The minimum absolute atomic E-state index is 0.776. The average Bonchev–Trinajstić information content (AvgIpc) is 2.40. The summed E-state index contributed by atoms with van der Waals surface area (Å²) in [5.74, 6) is 0.900. The van der Waals surface area contributed by atoms with Gasteiger partial charge in [0.1, 0.15) is 0 Å². The summed E-state index contributed by atoms with van der Waals surface area (Å²) in [5.41, 5.74) is 0. The first-order valence-corrected chi connectivity index (χ1v) is 7.66. The number of nitrogens with zero attached hydrogens (tertiary/aromatic N) is 1. The van der Waals surface area contributed by atoms with Gasteiger partial charge < -0.3 is 10.2 Å². The molecule has 2 heteroatoms. The molecule has 17 heavy (non-hydrogen) atoms. The second-order valence-electron chi connectivity index (χ2n) is 5.56. The smallest absolute Gasteiger partial charge is 0.00964 e.